The summed E-state index contributed by atoms with van der Waals surface area (Å²) in [4.78, 5) is 23.8. The van der Waals surface area contributed by atoms with Gasteiger partial charge in [-0.3, -0.25) is 4.79 Å². The minimum absolute atomic E-state index is 0.0543. The smallest absolute Gasteiger partial charge is 0.339 e. The normalized spacial score (nSPS) is 16.1. The number of likely N-dealkylation sites (N-methyl/N-ethyl adjacent to an activating group) is 1. The van der Waals surface area contributed by atoms with Crippen LogP contribution in [0.5, 0.6) is 0 Å². The molecule has 0 unspecified atom stereocenters. The molecule has 1 rings (SSSR count). The number of carbonyl (C=O) groups excluding carboxylic acids is 2. The standard InChI is InChI=1S/C10H15NO4/c1-3-4-5-15-10(14)7-6-11(2)9(13)8(7)12/h12H,3-6H2,1-2H3. The fourth-order valence-electron chi connectivity index (χ4n) is 1.25. The van der Waals surface area contributed by atoms with Crippen LogP contribution in [0.2, 0.25) is 0 Å². The van der Waals surface area contributed by atoms with E-state index in [2.05, 4.69) is 0 Å². The molecule has 0 saturated heterocycles. The average molecular weight is 213 g/mol. The van der Waals surface area contributed by atoms with Gasteiger partial charge in [-0.2, -0.15) is 0 Å². The number of nitrogens with zero attached hydrogens (tertiary/aromatic N) is 1. The molecule has 84 valence electrons. The Bertz CT molecular complexity index is 309. The van der Waals surface area contributed by atoms with Gasteiger partial charge in [0.15, 0.2) is 5.76 Å². The van der Waals surface area contributed by atoms with E-state index in [1.165, 1.54) is 11.9 Å². The first-order valence-electron chi connectivity index (χ1n) is 4.92. The molecule has 1 N–H and O–H groups in total. The third-order valence-corrected chi connectivity index (χ3v) is 2.21. The van der Waals surface area contributed by atoms with E-state index in [0.29, 0.717) is 6.61 Å². The topological polar surface area (TPSA) is 66.8 Å². The van der Waals surface area contributed by atoms with Crippen molar-refractivity contribution in [3.05, 3.63) is 11.3 Å². The lowest BCUT2D eigenvalue weighted by molar-refractivity contribution is -0.139. The molecule has 0 bridgehead atoms. The SMILES string of the molecule is CCCCOC(=O)C1=C(O)C(=O)N(C)C1. The lowest BCUT2D eigenvalue weighted by atomic mass is 10.2. The number of rotatable bonds is 4. The van der Waals surface area contributed by atoms with Crippen molar-refractivity contribution >= 4 is 11.9 Å². The van der Waals surface area contributed by atoms with Crippen molar-refractivity contribution in [2.45, 2.75) is 19.8 Å². The van der Waals surface area contributed by atoms with Crippen LogP contribution >= 0.6 is 0 Å². The van der Waals surface area contributed by atoms with Crippen molar-refractivity contribution in [2.75, 3.05) is 20.2 Å². The molecule has 0 radical (unpaired) electrons. The molecule has 0 atom stereocenters. The van der Waals surface area contributed by atoms with Crippen molar-refractivity contribution in [1.29, 1.82) is 0 Å². The zero-order chi connectivity index (χ0) is 11.4. The largest absolute Gasteiger partial charge is 0.503 e. The average Bonchev–Trinajstić information content (AvgIpc) is 2.46. The van der Waals surface area contributed by atoms with Gasteiger partial charge >= 0.3 is 5.97 Å². The summed E-state index contributed by atoms with van der Waals surface area (Å²) in [5.74, 6) is -1.62. The molecule has 5 heteroatoms. The third-order valence-electron chi connectivity index (χ3n) is 2.21. The molecule has 1 heterocycles. The summed E-state index contributed by atoms with van der Waals surface area (Å²) in [6.45, 7) is 2.43. The monoisotopic (exact) mass is 213 g/mol. The summed E-state index contributed by atoms with van der Waals surface area (Å²) >= 11 is 0. The Balaban J connectivity index is 2.57. The first-order valence-corrected chi connectivity index (χ1v) is 4.92. The molecule has 5 nitrogen and oxygen atoms in total. The van der Waals surface area contributed by atoms with Crippen LogP contribution < -0.4 is 0 Å². The van der Waals surface area contributed by atoms with Crippen molar-refractivity contribution in [3.8, 4) is 0 Å². The summed E-state index contributed by atoms with van der Waals surface area (Å²) < 4.78 is 4.90. The maximum absolute atomic E-state index is 11.4. The Kier molecular flexibility index (Phi) is 3.71. The highest BCUT2D eigenvalue weighted by atomic mass is 16.5. The quantitative estimate of drug-likeness (QED) is 0.549. The van der Waals surface area contributed by atoms with Gasteiger partial charge in [-0.15, -0.1) is 0 Å². The number of carbonyl (C=O) groups is 2. The molecule has 1 aliphatic rings. The number of aliphatic hydroxyl groups excluding tert-OH is 1. The molecule has 0 aromatic heterocycles. The van der Waals surface area contributed by atoms with Gasteiger partial charge in [0.25, 0.3) is 5.91 Å². The van der Waals surface area contributed by atoms with Gasteiger partial charge in [0.05, 0.1) is 13.2 Å². The lowest BCUT2D eigenvalue weighted by Crippen LogP contribution is -2.22. The number of aliphatic hydroxyl groups is 1. The van der Waals surface area contributed by atoms with Crippen LogP contribution in [-0.4, -0.2) is 42.1 Å². The van der Waals surface area contributed by atoms with Gasteiger partial charge in [-0.1, -0.05) is 13.3 Å². The molecule has 1 aliphatic heterocycles. The number of unbranched alkanes of at least 4 members (excludes halogenated alkanes) is 1. The van der Waals surface area contributed by atoms with Crippen LogP contribution in [0.25, 0.3) is 0 Å². The van der Waals surface area contributed by atoms with Crippen LogP contribution in [0.4, 0.5) is 0 Å². The molecular weight excluding hydrogens is 198 g/mol. The van der Waals surface area contributed by atoms with E-state index >= 15 is 0 Å². The van der Waals surface area contributed by atoms with E-state index in [1.54, 1.807) is 0 Å². The fourth-order valence-corrected chi connectivity index (χ4v) is 1.25. The Labute approximate surface area is 88.3 Å². The zero-order valence-corrected chi connectivity index (χ0v) is 8.95. The van der Waals surface area contributed by atoms with Crippen LogP contribution in [0.1, 0.15) is 19.8 Å². The second-order valence-electron chi connectivity index (χ2n) is 3.48. The second kappa shape index (κ2) is 4.82. The van der Waals surface area contributed by atoms with Gasteiger partial charge in [0.1, 0.15) is 5.57 Å². The van der Waals surface area contributed by atoms with Crippen LogP contribution in [0.15, 0.2) is 11.3 Å². The van der Waals surface area contributed by atoms with Gasteiger partial charge in [-0.05, 0) is 6.42 Å². The first-order chi connectivity index (χ1) is 7.07. The van der Waals surface area contributed by atoms with Crippen molar-refractivity contribution < 1.29 is 19.4 Å². The number of ether oxygens (including phenoxy) is 1. The van der Waals surface area contributed by atoms with Gasteiger partial charge < -0.3 is 14.7 Å². The van der Waals surface area contributed by atoms with E-state index < -0.39 is 17.6 Å². The van der Waals surface area contributed by atoms with E-state index in [4.69, 9.17) is 4.74 Å². The Hall–Kier alpha value is -1.52. The molecule has 0 saturated carbocycles. The van der Waals surface area contributed by atoms with Gasteiger partial charge in [-0.25, -0.2) is 4.79 Å². The first kappa shape index (κ1) is 11.6. The molecule has 0 aromatic rings. The summed E-state index contributed by atoms with van der Waals surface area (Å²) in [7, 11) is 1.52. The molecule has 1 amide bonds. The van der Waals surface area contributed by atoms with Crippen molar-refractivity contribution in [3.63, 3.8) is 0 Å². The third kappa shape index (κ3) is 2.49. The van der Waals surface area contributed by atoms with E-state index in [-0.39, 0.29) is 12.1 Å². The van der Waals surface area contributed by atoms with E-state index in [9.17, 15) is 14.7 Å². The predicted molar refractivity (Wildman–Crippen MR) is 53.2 cm³/mol. The van der Waals surface area contributed by atoms with Crippen molar-refractivity contribution in [2.24, 2.45) is 0 Å². The number of hydrogen-bond acceptors (Lipinski definition) is 4. The summed E-state index contributed by atoms with van der Waals surface area (Å²) in [5.41, 5.74) is 0.0543. The van der Waals surface area contributed by atoms with Crippen LogP contribution in [0.3, 0.4) is 0 Å². The minimum Gasteiger partial charge on any atom is -0.503 e. The highest BCUT2D eigenvalue weighted by Gasteiger charge is 2.32. The van der Waals surface area contributed by atoms with Crippen LogP contribution in [-0.2, 0) is 14.3 Å². The number of esters is 1. The minimum atomic E-state index is -0.598. The Morgan fingerprint density at radius 2 is 2.27 bits per heavy atom. The highest BCUT2D eigenvalue weighted by Crippen LogP contribution is 2.16. The lowest BCUT2D eigenvalue weighted by Gasteiger charge is -2.07. The highest BCUT2D eigenvalue weighted by molar-refractivity contribution is 6.04. The molecule has 0 aliphatic carbocycles. The van der Waals surface area contributed by atoms with Gasteiger partial charge in [0, 0.05) is 7.05 Å². The van der Waals surface area contributed by atoms with Crippen LogP contribution in [0, 0.1) is 0 Å². The van der Waals surface area contributed by atoms with Gasteiger partial charge in [0.2, 0.25) is 0 Å². The molecule has 0 aromatic carbocycles. The zero-order valence-electron chi connectivity index (χ0n) is 8.95. The molecular formula is C10H15NO4. The second-order valence-corrected chi connectivity index (χ2v) is 3.48. The Morgan fingerprint density at radius 1 is 1.60 bits per heavy atom. The summed E-state index contributed by atoms with van der Waals surface area (Å²) in [5, 5.41) is 9.34. The number of amides is 1. The van der Waals surface area contributed by atoms with E-state index in [0.717, 1.165) is 12.8 Å². The maximum Gasteiger partial charge on any atom is 0.339 e. The van der Waals surface area contributed by atoms with Crippen molar-refractivity contribution in [1.82, 2.24) is 4.90 Å². The predicted octanol–water partition coefficient (Wildman–Crippen LogP) is 0.614. The molecule has 0 spiro atoms. The molecule has 15 heavy (non-hydrogen) atoms. The van der Waals surface area contributed by atoms with E-state index in [1.807, 2.05) is 6.92 Å². The Morgan fingerprint density at radius 3 is 2.73 bits per heavy atom. The fraction of sp³-hybridized carbons (Fsp3) is 0.600. The molecule has 0 fully saturated rings. The maximum atomic E-state index is 11.4. The summed E-state index contributed by atoms with van der Waals surface area (Å²) in [6.07, 6.45) is 1.71. The number of hydrogen-bond donors (Lipinski definition) is 1. The summed E-state index contributed by atoms with van der Waals surface area (Å²) in [6, 6.07) is 0.